The van der Waals surface area contributed by atoms with Gasteiger partial charge in [-0.05, 0) is 26.3 Å². The molecule has 0 spiro atoms. The molecule has 0 aliphatic carbocycles. The van der Waals surface area contributed by atoms with Gasteiger partial charge in [-0.1, -0.05) is 0 Å². The number of anilines is 1. The van der Waals surface area contributed by atoms with Crippen molar-refractivity contribution in [1.82, 2.24) is 14.7 Å². The van der Waals surface area contributed by atoms with E-state index in [1.165, 1.54) is 24.4 Å². The molecule has 1 fully saturated rings. The lowest BCUT2D eigenvalue weighted by atomic mass is 10.1. The van der Waals surface area contributed by atoms with Crippen molar-refractivity contribution in [3.63, 3.8) is 0 Å². The second-order valence-electron chi connectivity index (χ2n) is 3.74. The van der Waals surface area contributed by atoms with Crippen molar-refractivity contribution in [2.24, 2.45) is 0 Å². The smallest absolute Gasteiger partial charge is 0.205 e. The van der Waals surface area contributed by atoms with Crippen LogP contribution in [0.5, 0.6) is 0 Å². The van der Waals surface area contributed by atoms with Gasteiger partial charge in [0.25, 0.3) is 0 Å². The SMILES string of the molecule is Cc1nsc(N(C)C2CCCNC2)n1. The number of hydrogen-bond acceptors (Lipinski definition) is 5. The highest BCUT2D eigenvalue weighted by Crippen LogP contribution is 2.20. The highest BCUT2D eigenvalue weighted by molar-refractivity contribution is 7.09. The lowest BCUT2D eigenvalue weighted by Crippen LogP contribution is -2.44. The molecular formula is C9H16N4S. The first-order chi connectivity index (χ1) is 6.77. The summed E-state index contributed by atoms with van der Waals surface area (Å²) in [5.74, 6) is 0.876. The molecule has 1 atom stereocenters. The summed E-state index contributed by atoms with van der Waals surface area (Å²) >= 11 is 1.49. The second-order valence-corrected chi connectivity index (χ2v) is 4.47. The van der Waals surface area contributed by atoms with Crippen molar-refractivity contribution in [1.29, 1.82) is 0 Å². The highest BCUT2D eigenvalue weighted by atomic mass is 32.1. The van der Waals surface area contributed by atoms with Crippen LogP contribution in [0.4, 0.5) is 5.13 Å². The Hall–Kier alpha value is -0.680. The zero-order valence-electron chi connectivity index (χ0n) is 8.66. The Morgan fingerprint density at radius 2 is 2.43 bits per heavy atom. The minimum Gasteiger partial charge on any atom is -0.346 e. The lowest BCUT2D eigenvalue weighted by molar-refractivity contribution is 0.444. The van der Waals surface area contributed by atoms with Crippen molar-refractivity contribution in [3.8, 4) is 0 Å². The molecule has 1 aliphatic rings. The van der Waals surface area contributed by atoms with Crippen molar-refractivity contribution in [2.45, 2.75) is 25.8 Å². The van der Waals surface area contributed by atoms with Gasteiger partial charge in [0.2, 0.25) is 5.13 Å². The number of likely N-dealkylation sites (N-methyl/N-ethyl adjacent to an activating group) is 1. The molecule has 5 heteroatoms. The molecule has 0 aromatic carbocycles. The summed E-state index contributed by atoms with van der Waals surface area (Å²) in [5, 5.41) is 4.45. The molecule has 1 N–H and O–H groups in total. The predicted octanol–water partition coefficient (Wildman–Crippen LogP) is 1.03. The predicted molar refractivity (Wildman–Crippen MR) is 58.9 cm³/mol. The number of piperidine rings is 1. The fraction of sp³-hybridized carbons (Fsp3) is 0.778. The maximum Gasteiger partial charge on any atom is 0.205 e. The van der Waals surface area contributed by atoms with Crippen LogP contribution in [0.15, 0.2) is 0 Å². The van der Waals surface area contributed by atoms with Crippen LogP contribution < -0.4 is 10.2 Å². The Labute approximate surface area is 88.5 Å². The van der Waals surface area contributed by atoms with Crippen LogP contribution in [0.2, 0.25) is 0 Å². The van der Waals surface area contributed by atoms with Gasteiger partial charge in [0.1, 0.15) is 5.82 Å². The number of rotatable bonds is 2. The van der Waals surface area contributed by atoms with E-state index >= 15 is 0 Å². The van der Waals surface area contributed by atoms with Gasteiger partial charge in [0, 0.05) is 31.2 Å². The van der Waals surface area contributed by atoms with Gasteiger partial charge in [0.15, 0.2) is 0 Å². The lowest BCUT2D eigenvalue weighted by Gasteiger charge is -2.31. The zero-order chi connectivity index (χ0) is 9.97. The van der Waals surface area contributed by atoms with E-state index in [1.54, 1.807) is 0 Å². The van der Waals surface area contributed by atoms with E-state index in [-0.39, 0.29) is 0 Å². The van der Waals surface area contributed by atoms with Crippen molar-refractivity contribution >= 4 is 16.7 Å². The Balaban J connectivity index is 2.03. The van der Waals surface area contributed by atoms with Gasteiger partial charge in [-0.15, -0.1) is 0 Å². The largest absolute Gasteiger partial charge is 0.346 e. The average molecular weight is 212 g/mol. The summed E-state index contributed by atoms with van der Waals surface area (Å²) in [5.41, 5.74) is 0. The number of hydrogen-bond donors (Lipinski definition) is 1. The van der Waals surface area contributed by atoms with E-state index in [0.717, 1.165) is 24.0 Å². The molecule has 14 heavy (non-hydrogen) atoms. The number of nitrogens with one attached hydrogen (secondary N) is 1. The van der Waals surface area contributed by atoms with Crippen molar-refractivity contribution in [2.75, 3.05) is 25.0 Å². The topological polar surface area (TPSA) is 41.1 Å². The van der Waals surface area contributed by atoms with Crippen LogP contribution >= 0.6 is 11.5 Å². The summed E-state index contributed by atoms with van der Waals surface area (Å²) in [6, 6.07) is 0.580. The molecule has 1 saturated heterocycles. The third-order valence-electron chi connectivity index (χ3n) is 2.64. The first-order valence-corrected chi connectivity index (χ1v) is 5.78. The summed E-state index contributed by atoms with van der Waals surface area (Å²) in [6.07, 6.45) is 2.51. The van der Waals surface area contributed by atoms with E-state index in [1.807, 2.05) is 6.92 Å². The highest BCUT2D eigenvalue weighted by Gasteiger charge is 2.19. The fourth-order valence-corrected chi connectivity index (χ4v) is 2.45. The van der Waals surface area contributed by atoms with Crippen LogP contribution in [-0.2, 0) is 0 Å². The van der Waals surface area contributed by atoms with E-state index in [2.05, 4.69) is 26.6 Å². The number of aromatic nitrogens is 2. The minimum atomic E-state index is 0.580. The van der Waals surface area contributed by atoms with Crippen LogP contribution in [0, 0.1) is 6.92 Å². The van der Waals surface area contributed by atoms with Crippen LogP contribution in [0.1, 0.15) is 18.7 Å². The molecule has 0 radical (unpaired) electrons. The van der Waals surface area contributed by atoms with Crippen LogP contribution in [0.25, 0.3) is 0 Å². The van der Waals surface area contributed by atoms with E-state index < -0.39 is 0 Å². The number of aryl methyl sites for hydroxylation is 1. The molecular weight excluding hydrogens is 196 g/mol. The second kappa shape index (κ2) is 4.23. The minimum absolute atomic E-state index is 0.580. The van der Waals surface area contributed by atoms with Crippen LogP contribution in [0.3, 0.4) is 0 Å². The molecule has 0 bridgehead atoms. The molecule has 78 valence electrons. The molecule has 0 amide bonds. The number of nitrogens with zero attached hydrogens (tertiary/aromatic N) is 3. The molecule has 1 aromatic rings. The Morgan fingerprint density at radius 1 is 1.57 bits per heavy atom. The summed E-state index contributed by atoms with van der Waals surface area (Å²) in [7, 11) is 2.11. The van der Waals surface area contributed by atoms with Gasteiger partial charge in [-0.25, -0.2) is 4.98 Å². The normalized spacial score (nSPS) is 22.3. The molecule has 1 aromatic heterocycles. The van der Waals surface area contributed by atoms with Gasteiger partial charge in [-0.3, -0.25) is 0 Å². The summed E-state index contributed by atoms with van der Waals surface area (Å²) < 4.78 is 4.20. The first-order valence-electron chi connectivity index (χ1n) is 5.01. The van der Waals surface area contributed by atoms with E-state index in [0.29, 0.717) is 6.04 Å². The molecule has 4 nitrogen and oxygen atoms in total. The Bertz CT molecular complexity index is 293. The molecule has 2 heterocycles. The van der Waals surface area contributed by atoms with Crippen LogP contribution in [-0.4, -0.2) is 35.5 Å². The van der Waals surface area contributed by atoms with E-state index in [4.69, 9.17) is 0 Å². The van der Waals surface area contributed by atoms with Gasteiger partial charge in [-0.2, -0.15) is 4.37 Å². The van der Waals surface area contributed by atoms with Gasteiger partial charge < -0.3 is 10.2 Å². The monoisotopic (exact) mass is 212 g/mol. The maximum absolute atomic E-state index is 4.39. The quantitative estimate of drug-likeness (QED) is 0.795. The van der Waals surface area contributed by atoms with Gasteiger partial charge in [0.05, 0.1) is 0 Å². The van der Waals surface area contributed by atoms with Crippen molar-refractivity contribution in [3.05, 3.63) is 5.82 Å². The average Bonchev–Trinajstić information content (AvgIpc) is 2.65. The fourth-order valence-electron chi connectivity index (χ4n) is 1.75. The third kappa shape index (κ3) is 2.04. The Kier molecular flexibility index (Phi) is 2.98. The summed E-state index contributed by atoms with van der Waals surface area (Å²) in [4.78, 5) is 6.64. The first kappa shape index (κ1) is 9.86. The maximum atomic E-state index is 4.39. The third-order valence-corrected chi connectivity index (χ3v) is 3.54. The molecule has 2 rings (SSSR count). The van der Waals surface area contributed by atoms with Crippen molar-refractivity contribution < 1.29 is 0 Å². The van der Waals surface area contributed by atoms with E-state index in [9.17, 15) is 0 Å². The molecule has 1 aliphatic heterocycles. The molecule has 0 saturated carbocycles. The molecule has 1 unspecified atom stereocenters. The van der Waals surface area contributed by atoms with Gasteiger partial charge >= 0.3 is 0 Å². The standard InChI is InChI=1S/C9H16N4S/c1-7-11-9(14-12-7)13(2)8-4-3-5-10-6-8/h8,10H,3-6H2,1-2H3. The zero-order valence-corrected chi connectivity index (χ0v) is 9.47. The summed E-state index contributed by atoms with van der Waals surface area (Å²) in [6.45, 7) is 4.15. The Morgan fingerprint density at radius 3 is 3.00 bits per heavy atom.